The van der Waals surface area contributed by atoms with Crippen molar-refractivity contribution in [3.8, 4) is 5.75 Å². The molecule has 242 valence electrons. The maximum Gasteiger partial charge on any atom is 0.264 e. The van der Waals surface area contributed by atoms with Crippen LogP contribution in [-0.2, 0) is 32.6 Å². The van der Waals surface area contributed by atoms with Crippen LogP contribution in [0.4, 0.5) is 5.69 Å². The third kappa shape index (κ3) is 8.97. The number of benzene rings is 4. The molecule has 0 heterocycles. The van der Waals surface area contributed by atoms with Crippen molar-refractivity contribution in [2.75, 3.05) is 17.5 Å². The second-order valence-corrected chi connectivity index (χ2v) is 14.0. The Morgan fingerprint density at radius 1 is 0.826 bits per heavy atom. The largest absolute Gasteiger partial charge is 0.492 e. The third-order valence-corrected chi connectivity index (χ3v) is 9.02. The quantitative estimate of drug-likeness (QED) is 0.189. The maximum absolute atomic E-state index is 14.7. The Labute approximate surface area is 273 Å². The van der Waals surface area contributed by atoms with Crippen molar-refractivity contribution < 1.29 is 22.7 Å². The van der Waals surface area contributed by atoms with Crippen LogP contribution >= 0.6 is 0 Å². The SMILES string of the molecule is CCOc1ccccc1N(CC(=O)N(Cc1cccc(C)c1)[C@H](Cc1ccccc1)C(=O)NC(C)(C)C)S(=O)(=O)c1ccccc1. The summed E-state index contributed by atoms with van der Waals surface area (Å²) in [6, 6.07) is 31.0. The highest BCUT2D eigenvalue weighted by atomic mass is 32.2. The van der Waals surface area contributed by atoms with E-state index in [9.17, 15) is 18.0 Å². The Morgan fingerprint density at radius 2 is 1.43 bits per heavy atom. The summed E-state index contributed by atoms with van der Waals surface area (Å²) >= 11 is 0. The number of ether oxygens (including phenoxy) is 1. The van der Waals surface area contributed by atoms with E-state index in [0.29, 0.717) is 12.4 Å². The molecule has 1 atom stereocenters. The predicted molar refractivity (Wildman–Crippen MR) is 182 cm³/mol. The molecule has 0 spiro atoms. The molecule has 0 aliphatic heterocycles. The highest BCUT2D eigenvalue weighted by Gasteiger charge is 2.36. The molecule has 4 rings (SSSR count). The number of hydrogen-bond donors (Lipinski definition) is 1. The van der Waals surface area contributed by atoms with Crippen LogP contribution in [0.5, 0.6) is 5.75 Å². The van der Waals surface area contributed by atoms with E-state index in [-0.39, 0.29) is 29.5 Å². The molecule has 8 nitrogen and oxygen atoms in total. The first-order valence-corrected chi connectivity index (χ1v) is 16.8. The molecule has 0 saturated heterocycles. The molecule has 46 heavy (non-hydrogen) atoms. The van der Waals surface area contributed by atoms with E-state index in [1.807, 2.05) is 89.2 Å². The van der Waals surface area contributed by atoms with Gasteiger partial charge in [-0.05, 0) is 70.0 Å². The lowest BCUT2D eigenvalue weighted by atomic mass is 10.0. The molecule has 4 aromatic rings. The molecule has 1 N–H and O–H groups in total. The maximum atomic E-state index is 14.7. The monoisotopic (exact) mass is 641 g/mol. The van der Waals surface area contributed by atoms with Crippen LogP contribution in [0, 0.1) is 6.92 Å². The standard InChI is InChI=1S/C37H43N3O5S/c1-6-45-34-23-14-13-22-32(34)40(46(43,44)31-20-11-8-12-21-31)27-35(41)39(26-30-19-15-16-28(2)24-30)33(36(42)38-37(3,4)5)25-29-17-9-7-10-18-29/h7-24,33H,6,25-27H2,1-5H3,(H,38,42)/t33-/m1/s1. The minimum atomic E-state index is -4.23. The fourth-order valence-corrected chi connectivity index (χ4v) is 6.63. The highest BCUT2D eigenvalue weighted by Crippen LogP contribution is 2.33. The van der Waals surface area contributed by atoms with E-state index < -0.39 is 34.1 Å². The molecule has 0 bridgehead atoms. The van der Waals surface area contributed by atoms with Gasteiger partial charge in [0.15, 0.2) is 0 Å². The first-order chi connectivity index (χ1) is 21.9. The summed E-state index contributed by atoms with van der Waals surface area (Å²) in [6.45, 7) is 9.27. The summed E-state index contributed by atoms with van der Waals surface area (Å²) in [5.41, 5.74) is 2.36. The van der Waals surface area contributed by atoms with Gasteiger partial charge in [0, 0.05) is 18.5 Å². The number of carbonyl (C=O) groups excluding carboxylic acids is 2. The molecule has 0 unspecified atom stereocenters. The Hall–Kier alpha value is -4.63. The summed E-state index contributed by atoms with van der Waals surface area (Å²) in [5, 5.41) is 3.05. The Balaban J connectivity index is 1.85. The van der Waals surface area contributed by atoms with E-state index in [4.69, 9.17) is 4.74 Å². The van der Waals surface area contributed by atoms with Crippen LogP contribution in [-0.4, -0.2) is 49.9 Å². The van der Waals surface area contributed by atoms with Crippen LogP contribution in [0.15, 0.2) is 114 Å². The van der Waals surface area contributed by atoms with Crippen LogP contribution < -0.4 is 14.4 Å². The van der Waals surface area contributed by atoms with Crippen molar-refractivity contribution in [1.29, 1.82) is 0 Å². The minimum Gasteiger partial charge on any atom is -0.492 e. The van der Waals surface area contributed by atoms with Crippen LogP contribution in [0.3, 0.4) is 0 Å². The van der Waals surface area contributed by atoms with Gasteiger partial charge < -0.3 is 15.0 Å². The zero-order valence-electron chi connectivity index (χ0n) is 27.1. The van der Waals surface area contributed by atoms with Gasteiger partial charge in [-0.2, -0.15) is 0 Å². The lowest BCUT2D eigenvalue weighted by Crippen LogP contribution is -2.56. The molecule has 4 aromatic carbocycles. The minimum absolute atomic E-state index is 0.0330. The summed E-state index contributed by atoms with van der Waals surface area (Å²) in [6.07, 6.45) is 0.237. The van der Waals surface area contributed by atoms with Crippen molar-refractivity contribution >= 4 is 27.5 Å². The molecule has 0 radical (unpaired) electrons. The molecule has 0 saturated carbocycles. The highest BCUT2D eigenvalue weighted by molar-refractivity contribution is 7.92. The number of carbonyl (C=O) groups is 2. The molecule has 0 fully saturated rings. The number of hydrogen-bond acceptors (Lipinski definition) is 5. The lowest BCUT2D eigenvalue weighted by Gasteiger charge is -2.35. The van der Waals surface area contributed by atoms with Crippen molar-refractivity contribution in [1.82, 2.24) is 10.2 Å². The molecule has 9 heteroatoms. The van der Waals surface area contributed by atoms with Crippen molar-refractivity contribution in [2.45, 2.75) is 64.1 Å². The van der Waals surface area contributed by atoms with Crippen LogP contribution in [0.2, 0.25) is 0 Å². The van der Waals surface area contributed by atoms with Gasteiger partial charge in [-0.1, -0.05) is 90.5 Å². The Morgan fingerprint density at radius 3 is 2.07 bits per heavy atom. The Bertz CT molecular complexity index is 1720. The van der Waals surface area contributed by atoms with Gasteiger partial charge in [0.2, 0.25) is 11.8 Å². The number of nitrogens with zero attached hydrogens (tertiary/aromatic N) is 2. The number of para-hydroxylation sites is 2. The van der Waals surface area contributed by atoms with Crippen LogP contribution in [0.25, 0.3) is 0 Å². The molecule has 2 amide bonds. The van der Waals surface area contributed by atoms with Crippen molar-refractivity contribution in [3.63, 3.8) is 0 Å². The number of aryl methyl sites for hydroxylation is 1. The summed E-state index contributed by atoms with van der Waals surface area (Å²) in [7, 11) is -4.23. The average Bonchev–Trinajstić information content (AvgIpc) is 3.02. The first-order valence-electron chi connectivity index (χ1n) is 15.4. The summed E-state index contributed by atoms with van der Waals surface area (Å²) in [4.78, 5) is 30.2. The molecule has 0 aliphatic rings. The van der Waals surface area contributed by atoms with Gasteiger partial charge in [0.05, 0.1) is 17.2 Å². The molecule has 0 aliphatic carbocycles. The fourth-order valence-electron chi connectivity index (χ4n) is 5.19. The van der Waals surface area contributed by atoms with Gasteiger partial charge in [0.1, 0.15) is 18.3 Å². The van der Waals surface area contributed by atoms with Gasteiger partial charge in [-0.25, -0.2) is 8.42 Å². The van der Waals surface area contributed by atoms with Gasteiger partial charge >= 0.3 is 0 Å². The van der Waals surface area contributed by atoms with Crippen molar-refractivity contribution in [3.05, 3.63) is 126 Å². The third-order valence-electron chi connectivity index (χ3n) is 7.25. The van der Waals surface area contributed by atoms with Gasteiger partial charge in [-0.15, -0.1) is 0 Å². The van der Waals surface area contributed by atoms with Crippen LogP contribution in [0.1, 0.15) is 44.4 Å². The second kappa shape index (κ2) is 15.1. The number of amides is 2. The zero-order chi connectivity index (χ0) is 33.3. The lowest BCUT2D eigenvalue weighted by molar-refractivity contribution is -0.140. The number of nitrogens with one attached hydrogen (secondary N) is 1. The van der Waals surface area contributed by atoms with E-state index in [0.717, 1.165) is 21.0 Å². The molecular weight excluding hydrogens is 598 g/mol. The van der Waals surface area contributed by atoms with E-state index in [2.05, 4.69) is 5.32 Å². The van der Waals surface area contributed by atoms with E-state index in [1.54, 1.807) is 42.5 Å². The zero-order valence-corrected chi connectivity index (χ0v) is 28.0. The van der Waals surface area contributed by atoms with E-state index in [1.165, 1.54) is 17.0 Å². The normalized spacial score (nSPS) is 12.2. The van der Waals surface area contributed by atoms with E-state index >= 15 is 0 Å². The Kier molecular flexibility index (Phi) is 11.2. The average molecular weight is 642 g/mol. The van der Waals surface area contributed by atoms with Gasteiger partial charge in [-0.3, -0.25) is 13.9 Å². The smallest absolute Gasteiger partial charge is 0.264 e. The number of sulfonamides is 1. The summed E-state index contributed by atoms with van der Waals surface area (Å²) in [5.74, 6) is -0.532. The summed E-state index contributed by atoms with van der Waals surface area (Å²) < 4.78 is 35.4. The van der Waals surface area contributed by atoms with Gasteiger partial charge in [0.25, 0.3) is 10.0 Å². The second-order valence-electron chi connectivity index (χ2n) is 12.2. The topological polar surface area (TPSA) is 96.0 Å². The first kappa shape index (κ1) is 34.2. The van der Waals surface area contributed by atoms with Crippen molar-refractivity contribution in [2.24, 2.45) is 0 Å². The predicted octanol–water partition coefficient (Wildman–Crippen LogP) is 6.14. The molecular formula is C37H43N3O5S. The number of rotatable bonds is 13. The number of anilines is 1. The fraction of sp³-hybridized carbons (Fsp3) is 0.297. The molecule has 0 aromatic heterocycles.